The SMILES string of the molecule is O=S(=O)(NNc1ccccc1)c1ccc(Cl)cc1. The molecule has 0 aromatic heterocycles. The largest absolute Gasteiger partial charge is 0.308 e. The number of halogens is 1. The summed E-state index contributed by atoms with van der Waals surface area (Å²) < 4.78 is 23.8. The summed E-state index contributed by atoms with van der Waals surface area (Å²) in [6.45, 7) is 0. The van der Waals surface area contributed by atoms with Crippen LogP contribution in [-0.2, 0) is 10.0 Å². The molecule has 0 radical (unpaired) electrons. The predicted molar refractivity (Wildman–Crippen MR) is 71.8 cm³/mol. The topological polar surface area (TPSA) is 58.2 Å². The Balaban J connectivity index is 2.11. The molecule has 2 aromatic rings. The highest BCUT2D eigenvalue weighted by Crippen LogP contribution is 2.14. The highest BCUT2D eigenvalue weighted by atomic mass is 35.5. The fourth-order valence-electron chi connectivity index (χ4n) is 1.32. The monoisotopic (exact) mass is 282 g/mol. The average molecular weight is 283 g/mol. The number of hydrogen-bond donors (Lipinski definition) is 2. The number of sulfonamides is 1. The first kappa shape index (κ1) is 12.9. The van der Waals surface area contributed by atoms with Gasteiger partial charge in [-0.2, -0.15) is 0 Å². The van der Waals surface area contributed by atoms with Crippen molar-refractivity contribution in [2.45, 2.75) is 4.90 Å². The molecular formula is C12H11ClN2O2S. The summed E-state index contributed by atoms with van der Waals surface area (Å²) in [6, 6.07) is 14.9. The molecule has 18 heavy (non-hydrogen) atoms. The molecule has 4 nitrogen and oxygen atoms in total. The molecule has 0 bridgehead atoms. The van der Waals surface area contributed by atoms with E-state index < -0.39 is 10.0 Å². The van der Waals surface area contributed by atoms with E-state index in [0.717, 1.165) is 0 Å². The van der Waals surface area contributed by atoms with Crippen molar-refractivity contribution in [3.05, 3.63) is 59.6 Å². The fourth-order valence-corrected chi connectivity index (χ4v) is 2.31. The number of hydrogen-bond acceptors (Lipinski definition) is 3. The molecule has 0 saturated heterocycles. The molecule has 0 atom stereocenters. The van der Waals surface area contributed by atoms with Gasteiger partial charge in [-0.25, -0.2) is 8.42 Å². The van der Waals surface area contributed by atoms with Crippen molar-refractivity contribution in [3.8, 4) is 0 Å². The predicted octanol–water partition coefficient (Wildman–Crippen LogP) is 2.65. The van der Waals surface area contributed by atoms with Gasteiger partial charge in [-0.3, -0.25) is 0 Å². The van der Waals surface area contributed by atoms with E-state index in [-0.39, 0.29) is 4.90 Å². The second-order valence-electron chi connectivity index (χ2n) is 3.55. The quantitative estimate of drug-likeness (QED) is 0.848. The van der Waals surface area contributed by atoms with Crippen molar-refractivity contribution in [2.24, 2.45) is 0 Å². The van der Waals surface area contributed by atoms with Gasteiger partial charge >= 0.3 is 0 Å². The van der Waals surface area contributed by atoms with E-state index >= 15 is 0 Å². The van der Waals surface area contributed by atoms with Crippen molar-refractivity contribution in [2.75, 3.05) is 5.43 Å². The third kappa shape index (κ3) is 3.22. The van der Waals surface area contributed by atoms with E-state index in [1.807, 2.05) is 6.07 Å². The molecule has 0 heterocycles. The second kappa shape index (κ2) is 5.39. The summed E-state index contributed by atoms with van der Waals surface area (Å²) in [5.41, 5.74) is 3.29. The van der Waals surface area contributed by atoms with Gasteiger partial charge in [0.2, 0.25) is 0 Å². The summed E-state index contributed by atoms with van der Waals surface area (Å²) in [6.07, 6.45) is 0. The first-order valence-corrected chi connectivity index (χ1v) is 7.02. The van der Waals surface area contributed by atoms with Crippen LogP contribution in [0.25, 0.3) is 0 Å². The van der Waals surface area contributed by atoms with Gasteiger partial charge in [-0.15, -0.1) is 4.83 Å². The van der Waals surface area contributed by atoms with Crippen LogP contribution in [-0.4, -0.2) is 8.42 Å². The Morgan fingerprint density at radius 1 is 0.889 bits per heavy atom. The smallest absolute Gasteiger partial charge is 0.257 e. The zero-order valence-electron chi connectivity index (χ0n) is 9.30. The first-order valence-electron chi connectivity index (χ1n) is 5.16. The summed E-state index contributed by atoms with van der Waals surface area (Å²) in [5, 5.41) is 0.491. The van der Waals surface area contributed by atoms with Crippen LogP contribution in [0.3, 0.4) is 0 Å². The lowest BCUT2D eigenvalue weighted by Crippen LogP contribution is -2.29. The van der Waals surface area contributed by atoms with E-state index in [4.69, 9.17) is 11.6 Å². The summed E-state index contributed by atoms with van der Waals surface area (Å²) in [4.78, 5) is 2.44. The lowest BCUT2D eigenvalue weighted by Gasteiger charge is -2.09. The highest BCUT2D eigenvalue weighted by Gasteiger charge is 2.12. The van der Waals surface area contributed by atoms with Gasteiger partial charge in [0.15, 0.2) is 0 Å². The Morgan fingerprint density at radius 3 is 2.11 bits per heavy atom. The third-order valence-corrected chi connectivity index (χ3v) is 3.74. The molecule has 0 fully saturated rings. The van der Waals surface area contributed by atoms with Crippen LogP contribution < -0.4 is 10.3 Å². The molecule has 6 heteroatoms. The Bertz CT molecular complexity index is 612. The minimum Gasteiger partial charge on any atom is -0.308 e. The summed E-state index contributed by atoms with van der Waals surface area (Å²) in [5.74, 6) is 0. The minimum atomic E-state index is -3.59. The van der Waals surface area contributed by atoms with Gasteiger partial charge in [0.05, 0.1) is 4.90 Å². The van der Waals surface area contributed by atoms with Crippen LogP contribution in [0.15, 0.2) is 59.5 Å². The van der Waals surface area contributed by atoms with Gasteiger partial charge in [0.25, 0.3) is 10.0 Å². The fraction of sp³-hybridized carbons (Fsp3) is 0. The van der Waals surface area contributed by atoms with Crippen molar-refractivity contribution in [3.63, 3.8) is 0 Å². The maximum absolute atomic E-state index is 11.9. The van der Waals surface area contributed by atoms with Gasteiger partial charge in [-0.1, -0.05) is 29.8 Å². The Hall–Kier alpha value is -1.56. The van der Waals surface area contributed by atoms with E-state index in [1.54, 1.807) is 24.3 Å². The second-order valence-corrected chi connectivity index (χ2v) is 5.67. The minimum absolute atomic E-state index is 0.148. The number of rotatable bonds is 4. The molecule has 2 N–H and O–H groups in total. The standard InChI is InChI=1S/C12H11ClN2O2S/c13-10-6-8-12(9-7-10)18(16,17)15-14-11-4-2-1-3-5-11/h1-9,14-15H. The van der Waals surface area contributed by atoms with E-state index in [0.29, 0.717) is 10.7 Å². The lowest BCUT2D eigenvalue weighted by molar-refractivity contribution is 0.588. The molecule has 2 aromatic carbocycles. The third-order valence-electron chi connectivity index (χ3n) is 2.23. The van der Waals surface area contributed by atoms with E-state index in [1.165, 1.54) is 24.3 Å². The van der Waals surface area contributed by atoms with Crippen LogP contribution in [0, 0.1) is 0 Å². The molecule has 0 aliphatic heterocycles. The number of nitrogens with one attached hydrogen (secondary N) is 2. The van der Waals surface area contributed by atoms with Crippen LogP contribution >= 0.6 is 11.6 Å². The lowest BCUT2D eigenvalue weighted by atomic mass is 10.3. The number of anilines is 1. The zero-order valence-corrected chi connectivity index (χ0v) is 10.9. The molecule has 0 aliphatic carbocycles. The maximum atomic E-state index is 11.9. The van der Waals surface area contributed by atoms with Crippen molar-refractivity contribution in [1.29, 1.82) is 0 Å². The highest BCUT2D eigenvalue weighted by molar-refractivity contribution is 7.89. The molecule has 0 unspecified atom stereocenters. The molecule has 0 aliphatic rings. The van der Waals surface area contributed by atoms with Crippen LogP contribution in [0.4, 0.5) is 5.69 Å². The van der Waals surface area contributed by atoms with Crippen molar-refractivity contribution < 1.29 is 8.42 Å². The maximum Gasteiger partial charge on any atom is 0.257 e. The Kier molecular flexibility index (Phi) is 3.86. The molecule has 0 spiro atoms. The van der Waals surface area contributed by atoms with E-state index in [2.05, 4.69) is 10.3 Å². The van der Waals surface area contributed by atoms with Gasteiger partial charge in [0, 0.05) is 10.7 Å². The van der Waals surface area contributed by atoms with E-state index in [9.17, 15) is 8.42 Å². The number of para-hydroxylation sites is 1. The van der Waals surface area contributed by atoms with Crippen molar-refractivity contribution in [1.82, 2.24) is 4.83 Å². The van der Waals surface area contributed by atoms with Crippen LogP contribution in [0.5, 0.6) is 0 Å². The molecule has 0 saturated carbocycles. The summed E-state index contributed by atoms with van der Waals surface area (Å²) >= 11 is 5.70. The van der Waals surface area contributed by atoms with Gasteiger partial charge < -0.3 is 5.43 Å². The Morgan fingerprint density at radius 2 is 1.50 bits per heavy atom. The Labute approximate surface area is 111 Å². The summed E-state index contributed by atoms with van der Waals surface area (Å²) in [7, 11) is -3.59. The first-order chi connectivity index (χ1) is 8.58. The molecule has 0 amide bonds. The van der Waals surface area contributed by atoms with Gasteiger partial charge in [0.1, 0.15) is 0 Å². The molecule has 2 rings (SSSR count). The zero-order chi connectivity index (χ0) is 13.0. The average Bonchev–Trinajstić information content (AvgIpc) is 2.38. The molecule has 94 valence electrons. The molecular weight excluding hydrogens is 272 g/mol. The van der Waals surface area contributed by atoms with Crippen molar-refractivity contribution >= 4 is 27.3 Å². The van der Waals surface area contributed by atoms with Crippen LogP contribution in [0.2, 0.25) is 5.02 Å². The number of benzene rings is 2. The van der Waals surface area contributed by atoms with Crippen LogP contribution in [0.1, 0.15) is 0 Å². The van der Waals surface area contributed by atoms with Gasteiger partial charge in [-0.05, 0) is 36.4 Å². The normalized spacial score (nSPS) is 11.2. The number of hydrazine groups is 1.